The van der Waals surface area contributed by atoms with Crippen molar-refractivity contribution in [2.24, 2.45) is 9.98 Å². The van der Waals surface area contributed by atoms with Gasteiger partial charge >= 0.3 is 0 Å². The van der Waals surface area contributed by atoms with E-state index in [1.54, 1.807) is 20.8 Å². The first-order chi connectivity index (χ1) is 15.0. The lowest BCUT2D eigenvalue weighted by molar-refractivity contribution is -0.0213. The maximum absolute atomic E-state index is 9.11. The van der Waals surface area contributed by atoms with Gasteiger partial charge < -0.3 is 28.9 Å². The summed E-state index contributed by atoms with van der Waals surface area (Å²) in [5.41, 5.74) is 0.259. The Labute approximate surface area is 200 Å². The molecule has 1 aliphatic rings. The molecule has 0 saturated carbocycles. The first-order valence-electron chi connectivity index (χ1n) is 10.9. The van der Waals surface area contributed by atoms with Crippen molar-refractivity contribution in [3.63, 3.8) is 0 Å². The zero-order chi connectivity index (χ0) is 25.2. The number of aromatic nitrogens is 1. The molecule has 188 valence electrons. The molecule has 0 aromatic carbocycles. The molecule has 32 heavy (non-hydrogen) atoms. The van der Waals surface area contributed by atoms with Crippen LogP contribution in [0.4, 0.5) is 5.82 Å². The second kappa shape index (κ2) is 19.6. The summed E-state index contributed by atoms with van der Waals surface area (Å²) < 4.78 is 12.0. The van der Waals surface area contributed by atoms with Crippen LogP contribution in [0.5, 0.6) is 0 Å². The van der Waals surface area contributed by atoms with Crippen LogP contribution in [-0.2, 0) is 9.26 Å². The van der Waals surface area contributed by atoms with Gasteiger partial charge in [0.15, 0.2) is 9.03 Å². The smallest absolute Gasteiger partial charge is 0.152 e. The highest BCUT2D eigenvalue weighted by molar-refractivity contribution is 7.24. The largest absolute Gasteiger partial charge is 0.394 e. The van der Waals surface area contributed by atoms with Crippen LogP contribution >= 0.6 is 20.6 Å². The minimum absolute atomic E-state index is 0.0412. The van der Waals surface area contributed by atoms with E-state index in [9.17, 15) is 0 Å². The number of ether oxygens (including phenoxy) is 1. The fourth-order valence-corrected chi connectivity index (χ4v) is 2.71. The standard InChI is InChI=1S/C13H18ClN3O2.C4H10O.C3H8.C2H7O2P/c1-3-16-12(14)10-6-7-17(13(10)15-2)11-5-4-9(8-18)19-11;1-4(2,3)5;1-3-2;1-2-4-5-3/h6-7,9,11,18H,2-5,8H2,1H3;5H,1-3H3;3H2,1-2H3;3,5H,2H2,1H3. The Hall–Kier alpha value is -0.860. The lowest BCUT2D eigenvalue weighted by Gasteiger charge is -2.16. The minimum Gasteiger partial charge on any atom is -0.394 e. The molecule has 0 aliphatic carbocycles. The highest BCUT2D eigenvalue weighted by Crippen LogP contribution is 2.34. The molecule has 3 unspecified atom stereocenters. The van der Waals surface area contributed by atoms with Gasteiger partial charge in [-0.3, -0.25) is 4.99 Å². The number of nitrogens with zero attached hydrogens (tertiary/aromatic N) is 3. The van der Waals surface area contributed by atoms with Crippen LogP contribution < -0.4 is 0 Å². The summed E-state index contributed by atoms with van der Waals surface area (Å²) in [4.78, 5) is 16.1. The molecule has 3 N–H and O–H groups in total. The van der Waals surface area contributed by atoms with Gasteiger partial charge in [0.25, 0.3) is 0 Å². The summed E-state index contributed by atoms with van der Waals surface area (Å²) in [5.74, 6) is 0.658. The number of rotatable bonds is 7. The van der Waals surface area contributed by atoms with Crippen molar-refractivity contribution in [3.8, 4) is 0 Å². The van der Waals surface area contributed by atoms with Gasteiger partial charge in [-0.15, -0.1) is 0 Å². The normalized spacial score (nSPS) is 18.3. The van der Waals surface area contributed by atoms with Crippen molar-refractivity contribution in [1.82, 2.24) is 4.57 Å². The molecule has 1 aliphatic heterocycles. The van der Waals surface area contributed by atoms with E-state index in [2.05, 4.69) is 35.1 Å². The second-order valence-electron chi connectivity index (χ2n) is 7.76. The zero-order valence-corrected chi connectivity index (χ0v) is 22.4. The summed E-state index contributed by atoms with van der Waals surface area (Å²) in [6, 6.07) is 1.86. The molecular weight excluding hydrogens is 453 g/mol. The highest BCUT2D eigenvalue weighted by atomic mass is 35.5. The highest BCUT2D eigenvalue weighted by Gasteiger charge is 2.28. The molecule has 8 nitrogen and oxygen atoms in total. The fourth-order valence-electron chi connectivity index (χ4n) is 2.31. The summed E-state index contributed by atoms with van der Waals surface area (Å²) in [6.07, 6.45) is 4.56. The Morgan fingerprint density at radius 2 is 1.88 bits per heavy atom. The molecule has 0 radical (unpaired) electrons. The van der Waals surface area contributed by atoms with Gasteiger partial charge in [0.1, 0.15) is 17.2 Å². The third-order valence-electron chi connectivity index (χ3n) is 3.36. The Kier molecular flexibility index (Phi) is 20.4. The van der Waals surface area contributed by atoms with Crippen molar-refractivity contribution >= 4 is 38.3 Å². The van der Waals surface area contributed by atoms with E-state index in [1.165, 1.54) is 6.42 Å². The molecule has 3 atom stereocenters. The number of hydrogen-bond acceptors (Lipinski definition) is 7. The van der Waals surface area contributed by atoms with Gasteiger partial charge in [0.05, 0.1) is 30.5 Å². The van der Waals surface area contributed by atoms with Crippen molar-refractivity contribution in [2.75, 3.05) is 19.8 Å². The van der Waals surface area contributed by atoms with Crippen molar-refractivity contribution in [1.29, 1.82) is 0 Å². The quantitative estimate of drug-likeness (QED) is 0.355. The van der Waals surface area contributed by atoms with E-state index in [1.807, 2.05) is 30.7 Å². The van der Waals surface area contributed by atoms with E-state index < -0.39 is 5.60 Å². The Morgan fingerprint density at radius 1 is 1.31 bits per heavy atom. The summed E-state index contributed by atoms with van der Waals surface area (Å²) in [5, 5.41) is 18.1. The summed E-state index contributed by atoms with van der Waals surface area (Å²) in [6.45, 7) is 18.1. The lowest BCUT2D eigenvalue weighted by Crippen LogP contribution is -2.13. The SMILES string of the molecule is C=Nc1c(C(Cl)=NCC)ccn1C1CCC(CO)O1.CC(C)(C)O.CCC.CCOPO. The van der Waals surface area contributed by atoms with Crippen LogP contribution in [0.1, 0.15) is 79.5 Å². The van der Waals surface area contributed by atoms with Crippen LogP contribution in [0.3, 0.4) is 0 Å². The van der Waals surface area contributed by atoms with E-state index in [4.69, 9.17) is 31.4 Å². The maximum Gasteiger partial charge on any atom is 0.152 e. The molecule has 1 aromatic rings. The number of aliphatic hydroxyl groups is 2. The fraction of sp³-hybridized carbons (Fsp3) is 0.727. The van der Waals surface area contributed by atoms with Crippen LogP contribution in [0.2, 0.25) is 0 Å². The third-order valence-corrected chi connectivity index (χ3v) is 4.11. The molecule has 0 spiro atoms. The molecule has 1 fully saturated rings. The predicted molar refractivity (Wildman–Crippen MR) is 137 cm³/mol. The molecule has 2 rings (SSSR count). The number of hydrogen-bond donors (Lipinski definition) is 3. The first-order valence-corrected chi connectivity index (χ1v) is 12.1. The Bertz CT molecular complexity index is 628. The predicted octanol–water partition coefficient (Wildman–Crippen LogP) is 5.21. The van der Waals surface area contributed by atoms with E-state index in [0.717, 1.165) is 18.4 Å². The molecule has 1 saturated heterocycles. The van der Waals surface area contributed by atoms with Crippen molar-refractivity contribution in [2.45, 2.75) is 85.7 Å². The van der Waals surface area contributed by atoms with Crippen LogP contribution in [0.25, 0.3) is 0 Å². The third kappa shape index (κ3) is 15.9. The molecular formula is C22H43ClN3O5P. The van der Waals surface area contributed by atoms with Crippen LogP contribution in [0.15, 0.2) is 22.2 Å². The number of aliphatic imine (C=N–C) groups is 2. The van der Waals surface area contributed by atoms with Gasteiger partial charge in [-0.25, -0.2) is 4.99 Å². The molecule has 1 aromatic heterocycles. The maximum atomic E-state index is 9.11. The van der Waals surface area contributed by atoms with Gasteiger partial charge in [-0.2, -0.15) is 0 Å². The van der Waals surface area contributed by atoms with Crippen molar-refractivity contribution < 1.29 is 24.4 Å². The van der Waals surface area contributed by atoms with E-state index >= 15 is 0 Å². The summed E-state index contributed by atoms with van der Waals surface area (Å²) >= 11 is 6.13. The number of halogens is 1. The average molecular weight is 496 g/mol. The summed E-state index contributed by atoms with van der Waals surface area (Å²) in [7, 11) is -0.342. The Balaban J connectivity index is 0. The first kappa shape index (κ1) is 33.3. The molecule has 0 bridgehead atoms. The number of aliphatic hydroxyl groups excluding tert-OH is 1. The van der Waals surface area contributed by atoms with E-state index in [0.29, 0.717) is 24.1 Å². The topological polar surface area (TPSA) is 109 Å². The average Bonchev–Trinajstić information content (AvgIpc) is 3.35. The Morgan fingerprint density at radius 3 is 2.22 bits per heavy atom. The van der Waals surface area contributed by atoms with Crippen LogP contribution in [0, 0.1) is 0 Å². The van der Waals surface area contributed by atoms with Crippen LogP contribution in [-0.4, -0.2) is 63.0 Å². The zero-order valence-electron chi connectivity index (χ0n) is 20.6. The van der Waals surface area contributed by atoms with Crippen molar-refractivity contribution in [3.05, 3.63) is 17.8 Å². The van der Waals surface area contributed by atoms with Gasteiger partial charge in [0, 0.05) is 12.7 Å². The minimum atomic E-state index is -0.500. The van der Waals surface area contributed by atoms with Gasteiger partial charge in [-0.1, -0.05) is 31.9 Å². The molecule has 10 heteroatoms. The van der Waals surface area contributed by atoms with E-state index in [-0.39, 0.29) is 28.0 Å². The second-order valence-corrected chi connectivity index (χ2v) is 8.59. The monoisotopic (exact) mass is 495 g/mol. The lowest BCUT2D eigenvalue weighted by atomic mass is 10.2. The van der Waals surface area contributed by atoms with Gasteiger partial charge in [0.2, 0.25) is 0 Å². The molecule has 2 heterocycles. The molecule has 0 amide bonds. The van der Waals surface area contributed by atoms with Gasteiger partial charge in [-0.05, 0) is 60.2 Å².